The molecule has 28 heavy (non-hydrogen) atoms. The van der Waals surface area contributed by atoms with Crippen LogP contribution in [0.2, 0.25) is 5.02 Å². The van der Waals surface area contributed by atoms with Crippen LogP contribution in [0.4, 0.5) is 14.6 Å². The minimum absolute atomic E-state index is 0.00864. The highest BCUT2D eigenvalue weighted by Crippen LogP contribution is 2.30. The number of carbonyl (C=O) groups is 2. The maximum Gasteiger partial charge on any atom is 0.387 e. The number of halogens is 3. The SMILES string of the molecule is CCOc1cc(C(=O)O[C@H](C)C(=O)Nc2ccc(Cl)cn2)ccc1OC(F)F. The predicted octanol–water partition coefficient (Wildman–Crippen LogP) is 3.92. The summed E-state index contributed by atoms with van der Waals surface area (Å²) in [6.07, 6.45) is 0.212. The second-order valence-electron chi connectivity index (χ2n) is 5.37. The molecule has 150 valence electrons. The van der Waals surface area contributed by atoms with Crippen LogP contribution in [0.1, 0.15) is 24.2 Å². The third-order valence-electron chi connectivity index (χ3n) is 3.33. The molecule has 0 radical (unpaired) electrons. The fourth-order valence-electron chi connectivity index (χ4n) is 2.06. The highest BCUT2D eigenvalue weighted by molar-refractivity contribution is 6.30. The Hall–Kier alpha value is -2.94. The van der Waals surface area contributed by atoms with Crippen molar-refractivity contribution in [3.8, 4) is 11.5 Å². The molecule has 0 saturated carbocycles. The van der Waals surface area contributed by atoms with Crippen molar-refractivity contribution in [2.75, 3.05) is 11.9 Å². The van der Waals surface area contributed by atoms with E-state index >= 15 is 0 Å². The van der Waals surface area contributed by atoms with Crippen molar-refractivity contribution >= 4 is 29.3 Å². The molecule has 0 bridgehead atoms. The minimum Gasteiger partial charge on any atom is -0.490 e. The molecule has 1 amide bonds. The summed E-state index contributed by atoms with van der Waals surface area (Å²) in [6, 6.07) is 6.63. The van der Waals surface area contributed by atoms with Gasteiger partial charge in [0.2, 0.25) is 0 Å². The molecule has 0 unspecified atom stereocenters. The predicted molar refractivity (Wildman–Crippen MR) is 97.0 cm³/mol. The first-order valence-corrected chi connectivity index (χ1v) is 8.53. The van der Waals surface area contributed by atoms with Crippen LogP contribution in [0.15, 0.2) is 36.5 Å². The summed E-state index contributed by atoms with van der Waals surface area (Å²) in [5.41, 5.74) is 0.00864. The summed E-state index contributed by atoms with van der Waals surface area (Å²) >= 11 is 5.72. The standard InChI is InChI=1S/C18H17ClF2N2O5/c1-3-26-14-8-11(4-6-13(14)28-18(20)21)17(25)27-10(2)16(24)23-15-7-5-12(19)9-22-15/h4-10,18H,3H2,1-2H3,(H,22,23,24)/t10-/m1/s1. The van der Waals surface area contributed by atoms with Crippen molar-refractivity contribution < 1.29 is 32.6 Å². The zero-order valence-electron chi connectivity index (χ0n) is 14.9. The highest BCUT2D eigenvalue weighted by atomic mass is 35.5. The van der Waals surface area contributed by atoms with E-state index in [9.17, 15) is 18.4 Å². The number of carbonyl (C=O) groups excluding carboxylic acids is 2. The fraction of sp³-hybridized carbons (Fsp3) is 0.278. The summed E-state index contributed by atoms with van der Waals surface area (Å²) < 4.78 is 39.5. The number of hydrogen-bond donors (Lipinski definition) is 1. The van der Waals surface area contributed by atoms with E-state index in [1.54, 1.807) is 13.0 Å². The Bertz CT molecular complexity index is 833. The molecule has 0 aliphatic carbocycles. The molecule has 1 heterocycles. The van der Waals surface area contributed by atoms with Crippen LogP contribution in [0, 0.1) is 0 Å². The van der Waals surface area contributed by atoms with Crippen LogP contribution in [0.5, 0.6) is 11.5 Å². The number of anilines is 1. The van der Waals surface area contributed by atoms with Gasteiger partial charge in [0.05, 0.1) is 17.2 Å². The van der Waals surface area contributed by atoms with E-state index in [1.807, 2.05) is 0 Å². The third kappa shape index (κ3) is 6.05. The number of pyridine rings is 1. The molecule has 1 aromatic carbocycles. The van der Waals surface area contributed by atoms with E-state index in [4.69, 9.17) is 21.1 Å². The lowest BCUT2D eigenvalue weighted by Crippen LogP contribution is -2.30. The number of benzene rings is 1. The summed E-state index contributed by atoms with van der Waals surface area (Å²) in [7, 11) is 0. The molecule has 2 aromatic rings. The Morgan fingerprint density at radius 2 is 1.96 bits per heavy atom. The number of aromatic nitrogens is 1. The quantitative estimate of drug-likeness (QED) is 0.659. The van der Waals surface area contributed by atoms with E-state index in [2.05, 4.69) is 15.0 Å². The number of ether oxygens (including phenoxy) is 3. The van der Waals surface area contributed by atoms with Gasteiger partial charge in [-0.15, -0.1) is 0 Å². The van der Waals surface area contributed by atoms with E-state index in [-0.39, 0.29) is 29.5 Å². The molecule has 0 aliphatic heterocycles. The second-order valence-corrected chi connectivity index (χ2v) is 5.81. The van der Waals surface area contributed by atoms with Gasteiger partial charge in [0, 0.05) is 6.20 Å². The topological polar surface area (TPSA) is 86.8 Å². The van der Waals surface area contributed by atoms with Gasteiger partial charge < -0.3 is 19.5 Å². The molecule has 1 N–H and O–H groups in total. The first kappa shape index (κ1) is 21.4. The summed E-state index contributed by atoms with van der Waals surface area (Å²) in [6.45, 7) is 0.155. The lowest BCUT2D eigenvalue weighted by Gasteiger charge is -2.15. The van der Waals surface area contributed by atoms with Crippen LogP contribution in [-0.2, 0) is 9.53 Å². The number of nitrogens with one attached hydrogen (secondary N) is 1. The van der Waals surface area contributed by atoms with Crippen LogP contribution in [0.3, 0.4) is 0 Å². The Balaban J connectivity index is 2.05. The molecule has 0 aliphatic rings. The number of amides is 1. The van der Waals surface area contributed by atoms with Gasteiger partial charge in [-0.3, -0.25) is 4.79 Å². The monoisotopic (exact) mass is 414 g/mol. The van der Waals surface area contributed by atoms with Gasteiger partial charge in [-0.2, -0.15) is 8.78 Å². The van der Waals surface area contributed by atoms with Gasteiger partial charge in [-0.05, 0) is 44.2 Å². The lowest BCUT2D eigenvalue weighted by atomic mass is 10.2. The molecule has 0 spiro atoms. The zero-order chi connectivity index (χ0) is 20.7. The van der Waals surface area contributed by atoms with Crippen LogP contribution < -0.4 is 14.8 Å². The summed E-state index contributed by atoms with van der Waals surface area (Å²) in [5, 5.41) is 2.88. The van der Waals surface area contributed by atoms with E-state index in [0.717, 1.165) is 6.07 Å². The largest absolute Gasteiger partial charge is 0.490 e. The Morgan fingerprint density at radius 3 is 2.57 bits per heavy atom. The smallest absolute Gasteiger partial charge is 0.387 e. The van der Waals surface area contributed by atoms with Crippen LogP contribution in [0.25, 0.3) is 0 Å². The Morgan fingerprint density at radius 1 is 1.21 bits per heavy atom. The number of rotatable bonds is 8. The average Bonchev–Trinajstić information content (AvgIpc) is 2.64. The minimum atomic E-state index is -3.04. The molecule has 2 rings (SSSR count). The molecular weight excluding hydrogens is 398 g/mol. The average molecular weight is 415 g/mol. The highest BCUT2D eigenvalue weighted by Gasteiger charge is 2.21. The Kier molecular flexibility index (Phi) is 7.51. The lowest BCUT2D eigenvalue weighted by molar-refractivity contribution is -0.123. The van der Waals surface area contributed by atoms with Gasteiger partial charge in [-0.1, -0.05) is 11.6 Å². The van der Waals surface area contributed by atoms with Crippen molar-refractivity contribution in [1.82, 2.24) is 4.98 Å². The molecule has 10 heteroatoms. The molecule has 0 fully saturated rings. The fourth-order valence-corrected chi connectivity index (χ4v) is 2.17. The van der Waals surface area contributed by atoms with Gasteiger partial charge in [0.1, 0.15) is 5.82 Å². The number of nitrogens with zero attached hydrogens (tertiary/aromatic N) is 1. The maximum atomic E-state index is 12.4. The van der Waals surface area contributed by atoms with Gasteiger partial charge >= 0.3 is 12.6 Å². The molecule has 7 nitrogen and oxygen atoms in total. The van der Waals surface area contributed by atoms with Gasteiger partial charge in [0.25, 0.3) is 5.91 Å². The molecule has 1 aromatic heterocycles. The van der Waals surface area contributed by atoms with E-state index < -0.39 is 24.6 Å². The van der Waals surface area contributed by atoms with Gasteiger partial charge in [-0.25, -0.2) is 9.78 Å². The number of alkyl halides is 2. The van der Waals surface area contributed by atoms with Crippen LogP contribution in [-0.4, -0.2) is 36.2 Å². The Labute approximate surface area is 164 Å². The summed E-state index contributed by atoms with van der Waals surface area (Å²) in [4.78, 5) is 28.3. The van der Waals surface area contributed by atoms with Crippen LogP contribution >= 0.6 is 11.6 Å². The van der Waals surface area contributed by atoms with Gasteiger partial charge in [0.15, 0.2) is 17.6 Å². The first-order valence-electron chi connectivity index (χ1n) is 8.15. The molecular formula is C18H17ClF2N2O5. The summed E-state index contributed by atoms with van der Waals surface area (Å²) in [5.74, 6) is -1.46. The maximum absolute atomic E-state index is 12.4. The van der Waals surface area contributed by atoms with Crippen molar-refractivity contribution in [1.29, 1.82) is 0 Å². The molecule has 1 atom stereocenters. The van der Waals surface area contributed by atoms with E-state index in [1.165, 1.54) is 31.3 Å². The van der Waals surface area contributed by atoms with Crippen molar-refractivity contribution in [2.24, 2.45) is 0 Å². The number of hydrogen-bond acceptors (Lipinski definition) is 6. The zero-order valence-corrected chi connectivity index (χ0v) is 15.7. The van der Waals surface area contributed by atoms with Crippen molar-refractivity contribution in [3.05, 3.63) is 47.1 Å². The van der Waals surface area contributed by atoms with E-state index in [0.29, 0.717) is 5.02 Å². The third-order valence-corrected chi connectivity index (χ3v) is 3.55. The van der Waals surface area contributed by atoms with Crippen molar-refractivity contribution in [2.45, 2.75) is 26.6 Å². The second kappa shape index (κ2) is 9.84. The van der Waals surface area contributed by atoms with Crippen molar-refractivity contribution in [3.63, 3.8) is 0 Å². The normalized spacial score (nSPS) is 11.6. The molecule has 0 saturated heterocycles. The number of esters is 1. The first-order chi connectivity index (χ1) is 13.3.